The fourth-order valence-electron chi connectivity index (χ4n) is 8.58. The van der Waals surface area contributed by atoms with E-state index in [1.807, 2.05) is 0 Å². The smallest absolute Gasteiger partial charge is 0.122 e. The fourth-order valence-corrected chi connectivity index (χ4v) is 8.58. The van der Waals surface area contributed by atoms with E-state index in [0.29, 0.717) is 22.7 Å². The van der Waals surface area contributed by atoms with Gasteiger partial charge in [-0.3, -0.25) is 0 Å². The Labute approximate surface area is 135 Å². The Morgan fingerprint density at radius 1 is 1.00 bits per heavy atom. The summed E-state index contributed by atoms with van der Waals surface area (Å²) in [5.74, 6) is 6.66. The van der Waals surface area contributed by atoms with Gasteiger partial charge in [0.05, 0.1) is 20.3 Å². The van der Waals surface area contributed by atoms with Gasteiger partial charge in [-0.25, -0.2) is 0 Å². The first-order chi connectivity index (χ1) is 11.2. The van der Waals surface area contributed by atoms with E-state index in [0.717, 1.165) is 41.6 Å². The maximum absolute atomic E-state index is 10.3. The van der Waals surface area contributed by atoms with Gasteiger partial charge in [0, 0.05) is 22.5 Å². The molecule has 9 atom stereocenters. The van der Waals surface area contributed by atoms with Crippen LogP contribution in [-0.4, -0.2) is 25.4 Å². The fraction of sp³-hybridized carbons (Fsp3) is 0.600. The van der Waals surface area contributed by atoms with E-state index in [4.69, 9.17) is 9.47 Å². The third kappa shape index (κ3) is 0.840. The second kappa shape index (κ2) is 3.06. The van der Waals surface area contributed by atoms with Crippen LogP contribution in [0.3, 0.4) is 0 Å². The van der Waals surface area contributed by atoms with Crippen molar-refractivity contribution in [1.29, 1.82) is 0 Å². The topological polar surface area (TPSA) is 38.7 Å². The van der Waals surface area contributed by atoms with E-state index in [9.17, 15) is 5.11 Å². The Morgan fingerprint density at radius 3 is 2.35 bits per heavy atom. The van der Waals surface area contributed by atoms with E-state index in [2.05, 4.69) is 24.3 Å². The molecule has 7 aliphatic rings. The molecule has 8 rings (SSSR count). The number of allylic oxidation sites excluding steroid dienone is 1. The van der Waals surface area contributed by atoms with Crippen molar-refractivity contribution in [3.63, 3.8) is 0 Å². The lowest BCUT2D eigenvalue weighted by atomic mass is 9.53. The van der Waals surface area contributed by atoms with E-state index in [-0.39, 0.29) is 6.10 Å². The normalized spacial score (nSPS) is 56.9. The monoisotopic (exact) mass is 308 g/mol. The molecule has 2 spiro atoms. The molecular weight excluding hydrogens is 288 g/mol. The van der Waals surface area contributed by atoms with Crippen LogP contribution in [0.4, 0.5) is 0 Å². The van der Waals surface area contributed by atoms with Gasteiger partial charge in [0.1, 0.15) is 11.5 Å². The van der Waals surface area contributed by atoms with Crippen molar-refractivity contribution in [1.82, 2.24) is 0 Å². The zero-order valence-electron chi connectivity index (χ0n) is 13.3. The zero-order chi connectivity index (χ0) is 15.3. The van der Waals surface area contributed by atoms with Crippen LogP contribution < -0.4 is 9.47 Å². The summed E-state index contributed by atoms with van der Waals surface area (Å²) in [6, 6.07) is 4.17. The number of aliphatic hydroxyl groups excluding tert-OH is 1. The van der Waals surface area contributed by atoms with Gasteiger partial charge in [-0.15, -0.1) is 0 Å². The molecule has 2 bridgehead atoms. The maximum atomic E-state index is 10.3. The lowest BCUT2D eigenvalue weighted by molar-refractivity contribution is 0.0875. The van der Waals surface area contributed by atoms with Crippen LogP contribution in [0.1, 0.15) is 29.4 Å². The second-order valence-electron chi connectivity index (χ2n) is 8.57. The first-order valence-electron chi connectivity index (χ1n) is 8.84. The van der Waals surface area contributed by atoms with Crippen molar-refractivity contribution in [2.75, 3.05) is 14.2 Å². The number of benzene rings is 1. The predicted octanol–water partition coefficient (Wildman–Crippen LogP) is 2.70. The average molecular weight is 308 g/mol. The first kappa shape index (κ1) is 12.0. The summed E-state index contributed by atoms with van der Waals surface area (Å²) in [6.07, 6.45) is 5.18. The van der Waals surface area contributed by atoms with Crippen LogP contribution in [0.2, 0.25) is 0 Å². The number of hydrogen-bond acceptors (Lipinski definition) is 3. The van der Waals surface area contributed by atoms with E-state index in [1.54, 1.807) is 14.2 Å². The highest BCUT2D eigenvalue weighted by molar-refractivity contribution is 5.70. The largest absolute Gasteiger partial charge is 0.496 e. The number of rotatable bonds is 2. The van der Waals surface area contributed by atoms with E-state index >= 15 is 0 Å². The number of methoxy groups -OCH3 is 2. The first-order valence-corrected chi connectivity index (χ1v) is 8.84. The molecule has 0 aliphatic heterocycles. The minimum atomic E-state index is -0.261. The van der Waals surface area contributed by atoms with Crippen LogP contribution in [0.25, 0.3) is 0 Å². The van der Waals surface area contributed by atoms with Gasteiger partial charge in [-0.1, -0.05) is 12.2 Å². The maximum Gasteiger partial charge on any atom is 0.122 e. The van der Waals surface area contributed by atoms with Crippen molar-refractivity contribution in [2.45, 2.75) is 24.4 Å². The van der Waals surface area contributed by atoms with Gasteiger partial charge >= 0.3 is 0 Å². The molecule has 4 fully saturated rings. The summed E-state index contributed by atoms with van der Waals surface area (Å²) >= 11 is 0. The summed E-state index contributed by atoms with van der Waals surface area (Å²) in [5.41, 5.74) is 3.52. The number of ether oxygens (including phenoxy) is 2. The lowest BCUT2D eigenvalue weighted by Crippen LogP contribution is -2.42. The van der Waals surface area contributed by atoms with Crippen molar-refractivity contribution in [3.8, 4) is 11.5 Å². The average Bonchev–Trinajstić information content (AvgIpc) is 3.36. The van der Waals surface area contributed by atoms with Gasteiger partial charge in [0.2, 0.25) is 0 Å². The third-order valence-corrected chi connectivity index (χ3v) is 8.62. The summed E-state index contributed by atoms with van der Waals surface area (Å²) < 4.78 is 11.5. The van der Waals surface area contributed by atoms with E-state index < -0.39 is 0 Å². The van der Waals surface area contributed by atoms with Crippen molar-refractivity contribution < 1.29 is 14.6 Å². The quantitative estimate of drug-likeness (QED) is 0.854. The molecule has 7 aliphatic carbocycles. The van der Waals surface area contributed by atoms with Gasteiger partial charge in [0.15, 0.2) is 0 Å². The molecule has 1 aromatic carbocycles. The standard InChI is InChI=1S/C20H20O3/c1-22-9-3-4-10(23-2)12-11(9)16-13-14-15(13)18-19(16)6-5-8(21)7-20(18,19)17(12)14/h3-6,8,13-18,21H,7H2,1-2H3/t8-,13+,14+,15-,16-,17+,18-,19-,20+/m1/s1. The molecule has 118 valence electrons. The minimum Gasteiger partial charge on any atom is -0.496 e. The van der Waals surface area contributed by atoms with Crippen LogP contribution in [0.5, 0.6) is 11.5 Å². The molecule has 23 heavy (non-hydrogen) atoms. The molecule has 0 unspecified atom stereocenters. The van der Waals surface area contributed by atoms with Gasteiger partial charge < -0.3 is 14.6 Å². The molecule has 0 heterocycles. The molecule has 1 N–H and O–H groups in total. The molecule has 4 saturated carbocycles. The van der Waals surface area contributed by atoms with Crippen LogP contribution in [0.15, 0.2) is 24.3 Å². The Morgan fingerprint density at radius 2 is 1.65 bits per heavy atom. The van der Waals surface area contributed by atoms with Crippen molar-refractivity contribution in [3.05, 3.63) is 35.4 Å². The van der Waals surface area contributed by atoms with Crippen molar-refractivity contribution >= 4 is 0 Å². The SMILES string of the molecule is COc1ccc(OC)c2c1[C@@H]1[C@@H]3[C@@H]4[C@H]3[C@H]2[C@]23C[C@H](O)C=C[C@]12[C@@H]43. The highest BCUT2D eigenvalue weighted by Gasteiger charge is 3.01. The number of hydrogen-bond donors (Lipinski definition) is 1. The van der Waals surface area contributed by atoms with Crippen LogP contribution in [-0.2, 0) is 0 Å². The molecule has 3 heteroatoms. The predicted molar refractivity (Wildman–Crippen MR) is 83.6 cm³/mol. The van der Waals surface area contributed by atoms with Crippen LogP contribution >= 0.6 is 0 Å². The van der Waals surface area contributed by atoms with Gasteiger partial charge in [-0.05, 0) is 53.6 Å². The third-order valence-electron chi connectivity index (χ3n) is 8.62. The Kier molecular flexibility index (Phi) is 1.59. The summed E-state index contributed by atoms with van der Waals surface area (Å²) in [4.78, 5) is 0. The molecular formula is C20H20O3. The molecule has 3 nitrogen and oxygen atoms in total. The van der Waals surface area contributed by atoms with E-state index in [1.165, 1.54) is 11.1 Å². The molecule has 0 amide bonds. The Hall–Kier alpha value is -1.48. The minimum absolute atomic E-state index is 0.261. The highest BCUT2D eigenvalue weighted by Crippen LogP contribution is 3.06. The Bertz CT molecular complexity index is 828. The molecule has 0 aromatic heterocycles. The highest BCUT2D eigenvalue weighted by atomic mass is 16.5. The summed E-state index contributed by atoms with van der Waals surface area (Å²) in [6.45, 7) is 0. The van der Waals surface area contributed by atoms with Gasteiger partial charge in [0.25, 0.3) is 0 Å². The summed E-state index contributed by atoms with van der Waals surface area (Å²) in [7, 11) is 3.58. The molecule has 0 radical (unpaired) electrons. The molecule has 0 saturated heterocycles. The number of aliphatic hydroxyl groups is 1. The zero-order valence-corrected chi connectivity index (χ0v) is 13.3. The summed E-state index contributed by atoms with van der Waals surface area (Å²) in [5, 5.41) is 10.3. The lowest BCUT2D eigenvalue weighted by Gasteiger charge is -2.50. The second-order valence-corrected chi connectivity index (χ2v) is 8.57. The van der Waals surface area contributed by atoms with Gasteiger partial charge in [-0.2, -0.15) is 0 Å². The molecule has 1 aromatic rings. The Balaban J connectivity index is 1.58. The van der Waals surface area contributed by atoms with Crippen LogP contribution in [0, 0.1) is 34.5 Å². The van der Waals surface area contributed by atoms with Crippen molar-refractivity contribution in [2.24, 2.45) is 34.5 Å².